The van der Waals surface area contributed by atoms with Crippen LogP contribution in [-0.2, 0) is 33.9 Å². The van der Waals surface area contributed by atoms with Crippen molar-refractivity contribution in [2.75, 3.05) is 7.11 Å². The van der Waals surface area contributed by atoms with Gasteiger partial charge < -0.3 is 34.3 Å². The Morgan fingerprint density at radius 3 is 2.45 bits per heavy atom. The number of carboxylic acid groups (broad SMARTS) is 2. The van der Waals surface area contributed by atoms with Gasteiger partial charge in [0.2, 0.25) is 0 Å². The van der Waals surface area contributed by atoms with E-state index in [1.54, 1.807) is 7.11 Å². The molecule has 2 heterocycles. The maximum atomic E-state index is 9.77. The number of fused-ring (bicyclic) bond motifs is 1. The van der Waals surface area contributed by atoms with Crippen molar-refractivity contribution < 1.29 is 39.3 Å². The summed E-state index contributed by atoms with van der Waals surface area (Å²) in [6, 6.07) is 8.03. The number of aliphatic hydroxyl groups excluding tert-OH is 2. The zero-order chi connectivity index (χ0) is 21.4. The number of aryl methyl sites for hydroxylation is 2. The number of para-hydroxylation sites is 2. The average molecular weight is 408 g/mol. The Morgan fingerprint density at radius 1 is 1.17 bits per heavy atom. The lowest BCUT2D eigenvalue weighted by atomic mass is 10.2. The standard InChI is InChI=1S/C13H14N4O2.C4H6O6/c1-18-8-13-15-12(16-19-13)6-7-17-9-14-10-4-2-3-5-11(10)17;5-1(3(7)8)2(6)4(9)10/h2-5,9H,6-8H2,1H3;1-2,5-6H,(H,7,8)(H,9,10). The van der Waals surface area contributed by atoms with Crippen molar-refractivity contribution in [2.24, 2.45) is 0 Å². The van der Waals surface area contributed by atoms with Crippen LogP contribution in [0.25, 0.3) is 11.0 Å². The number of hydrogen-bond donors (Lipinski definition) is 4. The van der Waals surface area contributed by atoms with Crippen molar-refractivity contribution in [1.82, 2.24) is 19.7 Å². The van der Waals surface area contributed by atoms with Crippen LogP contribution < -0.4 is 0 Å². The summed E-state index contributed by atoms with van der Waals surface area (Å²) in [5.74, 6) is -2.34. The van der Waals surface area contributed by atoms with Gasteiger partial charge in [0.1, 0.15) is 6.61 Å². The number of aromatic nitrogens is 4. The lowest BCUT2D eigenvalue weighted by Gasteiger charge is -2.07. The van der Waals surface area contributed by atoms with Crippen LogP contribution in [0, 0.1) is 0 Å². The van der Waals surface area contributed by atoms with E-state index in [4.69, 9.17) is 29.7 Å². The number of aliphatic carboxylic acids is 2. The Bertz CT molecular complexity index is 936. The second-order valence-electron chi connectivity index (χ2n) is 5.78. The van der Waals surface area contributed by atoms with Crippen molar-refractivity contribution in [3.8, 4) is 0 Å². The zero-order valence-electron chi connectivity index (χ0n) is 15.4. The van der Waals surface area contributed by atoms with Gasteiger partial charge in [-0.1, -0.05) is 17.3 Å². The molecule has 2 unspecified atom stereocenters. The smallest absolute Gasteiger partial charge is 0.335 e. The molecule has 0 radical (unpaired) electrons. The van der Waals surface area contributed by atoms with Gasteiger partial charge >= 0.3 is 11.9 Å². The van der Waals surface area contributed by atoms with Gasteiger partial charge in [0.25, 0.3) is 5.89 Å². The Morgan fingerprint density at radius 2 is 1.83 bits per heavy atom. The molecule has 156 valence electrons. The molecule has 12 nitrogen and oxygen atoms in total. The summed E-state index contributed by atoms with van der Waals surface area (Å²) in [4.78, 5) is 28.1. The molecule has 2 atom stereocenters. The lowest BCUT2D eigenvalue weighted by molar-refractivity contribution is -0.165. The minimum Gasteiger partial charge on any atom is -0.479 e. The molecule has 0 bridgehead atoms. The van der Waals surface area contributed by atoms with Crippen LogP contribution >= 0.6 is 0 Å². The molecule has 3 aromatic rings. The number of ether oxygens (including phenoxy) is 1. The van der Waals surface area contributed by atoms with Crippen molar-refractivity contribution >= 4 is 23.0 Å². The third kappa shape index (κ3) is 6.07. The Kier molecular flexibility index (Phi) is 7.77. The molecule has 2 aromatic heterocycles. The third-order valence-corrected chi connectivity index (χ3v) is 3.69. The maximum Gasteiger partial charge on any atom is 0.335 e. The predicted octanol–water partition coefficient (Wildman–Crippen LogP) is -0.314. The molecule has 0 aliphatic carbocycles. The Balaban J connectivity index is 0.000000257. The van der Waals surface area contributed by atoms with Gasteiger partial charge in [-0.15, -0.1) is 0 Å². The average Bonchev–Trinajstić information content (AvgIpc) is 3.32. The van der Waals surface area contributed by atoms with Crippen LogP contribution in [0.5, 0.6) is 0 Å². The van der Waals surface area contributed by atoms with E-state index in [0.29, 0.717) is 24.7 Å². The highest BCUT2D eigenvalue weighted by Crippen LogP contribution is 2.12. The normalized spacial score (nSPS) is 12.8. The highest BCUT2D eigenvalue weighted by molar-refractivity contribution is 5.83. The first-order valence-electron chi connectivity index (χ1n) is 8.35. The summed E-state index contributed by atoms with van der Waals surface area (Å²) in [5.41, 5.74) is 2.11. The fourth-order valence-corrected chi connectivity index (χ4v) is 2.25. The monoisotopic (exact) mass is 408 g/mol. The van der Waals surface area contributed by atoms with E-state index in [0.717, 1.165) is 17.6 Å². The van der Waals surface area contributed by atoms with E-state index in [2.05, 4.69) is 25.8 Å². The molecule has 12 heteroatoms. The lowest BCUT2D eigenvalue weighted by Crippen LogP contribution is -2.39. The Hall–Kier alpha value is -3.35. The van der Waals surface area contributed by atoms with Crippen LogP contribution in [0.3, 0.4) is 0 Å². The van der Waals surface area contributed by atoms with Gasteiger partial charge in [-0.3, -0.25) is 0 Å². The third-order valence-electron chi connectivity index (χ3n) is 3.69. The molecule has 0 fully saturated rings. The molecular formula is C17H20N4O8. The largest absolute Gasteiger partial charge is 0.479 e. The van der Waals surface area contributed by atoms with Crippen LogP contribution in [0.2, 0.25) is 0 Å². The summed E-state index contributed by atoms with van der Waals surface area (Å²) in [7, 11) is 1.60. The van der Waals surface area contributed by atoms with Crippen molar-refractivity contribution in [1.29, 1.82) is 0 Å². The minimum absolute atomic E-state index is 0.348. The molecule has 0 aliphatic rings. The molecule has 0 aliphatic heterocycles. The van der Waals surface area contributed by atoms with Gasteiger partial charge in [0.05, 0.1) is 17.4 Å². The summed E-state index contributed by atoms with van der Waals surface area (Å²) >= 11 is 0. The number of carboxylic acids is 2. The minimum atomic E-state index is -2.27. The Labute approximate surface area is 164 Å². The van der Waals surface area contributed by atoms with E-state index in [1.165, 1.54) is 0 Å². The molecular weight excluding hydrogens is 388 g/mol. The van der Waals surface area contributed by atoms with Gasteiger partial charge in [0.15, 0.2) is 18.0 Å². The van der Waals surface area contributed by atoms with E-state index >= 15 is 0 Å². The summed E-state index contributed by atoms with van der Waals surface area (Å²) < 4.78 is 12.1. The van der Waals surface area contributed by atoms with E-state index in [9.17, 15) is 9.59 Å². The molecule has 4 N–H and O–H groups in total. The fraction of sp³-hybridized carbons (Fsp3) is 0.353. The number of hydrogen-bond acceptors (Lipinski definition) is 9. The molecule has 29 heavy (non-hydrogen) atoms. The summed E-state index contributed by atoms with van der Waals surface area (Å²) in [5, 5.41) is 36.4. The predicted molar refractivity (Wildman–Crippen MR) is 95.7 cm³/mol. The first-order chi connectivity index (χ1) is 13.8. The van der Waals surface area contributed by atoms with Crippen molar-refractivity contribution in [3.63, 3.8) is 0 Å². The van der Waals surface area contributed by atoms with E-state index in [1.807, 2.05) is 24.5 Å². The number of carbonyl (C=O) groups is 2. The van der Waals surface area contributed by atoms with Crippen LogP contribution in [0.15, 0.2) is 35.1 Å². The second-order valence-corrected chi connectivity index (χ2v) is 5.78. The van der Waals surface area contributed by atoms with Gasteiger partial charge in [0, 0.05) is 20.1 Å². The number of methoxy groups -OCH3 is 1. The zero-order valence-corrected chi connectivity index (χ0v) is 15.4. The number of imidazole rings is 1. The van der Waals surface area contributed by atoms with Crippen molar-refractivity contribution in [2.45, 2.75) is 31.8 Å². The first-order valence-corrected chi connectivity index (χ1v) is 8.35. The van der Waals surface area contributed by atoms with Crippen molar-refractivity contribution in [3.05, 3.63) is 42.3 Å². The van der Waals surface area contributed by atoms with Crippen LogP contribution in [0.4, 0.5) is 0 Å². The summed E-state index contributed by atoms with van der Waals surface area (Å²) in [6.07, 6.45) is -2.00. The van der Waals surface area contributed by atoms with E-state index < -0.39 is 24.1 Å². The number of benzene rings is 1. The maximum absolute atomic E-state index is 9.77. The first kappa shape index (κ1) is 21.9. The summed E-state index contributed by atoms with van der Waals surface area (Å²) in [6.45, 7) is 1.12. The fourth-order valence-electron chi connectivity index (χ4n) is 2.25. The highest BCUT2D eigenvalue weighted by Gasteiger charge is 2.29. The van der Waals surface area contributed by atoms with Crippen LogP contribution in [0.1, 0.15) is 11.7 Å². The van der Waals surface area contributed by atoms with Crippen LogP contribution in [-0.4, -0.2) is 71.4 Å². The number of nitrogens with zero attached hydrogens (tertiary/aromatic N) is 4. The van der Waals surface area contributed by atoms with Gasteiger partial charge in [-0.2, -0.15) is 4.98 Å². The topological polar surface area (TPSA) is 181 Å². The SMILES string of the molecule is COCc1nc(CCn2cnc3ccccc32)no1.O=C(O)C(O)C(O)C(=O)O. The molecule has 0 amide bonds. The van der Waals surface area contributed by atoms with Gasteiger partial charge in [-0.25, -0.2) is 14.6 Å². The quantitative estimate of drug-likeness (QED) is 0.383. The highest BCUT2D eigenvalue weighted by atomic mass is 16.5. The molecule has 0 saturated heterocycles. The second kappa shape index (κ2) is 10.3. The van der Waals surface area contributed by atoms with Gasteiger partial charge in [-0.05, 0) is 12.1 Å². The van der Waals surface area contributed by atoms with E-state index in [-0.39, 0.29) is 0 Å². The molecule has 1 aromatic carbocycles. The number of aliphatic hydroxyl groups is 2. The molecule has 0 saturated carbocycles. The number of rotatable bonds is 8. The molecule has 0 spiro atoms. The molecule has 3 rings (SSSR count).